The van der Waals surface area contributed by atoms with Crippen LogP contribution in [0.1, 0.15) is 24.6 Å². The van der Waals surface area contributed by atoms with Gasteiger partial charge in [0.15, 0.2) is 5.75 Å². The van der Waals surface area contributed by atoms with E-state index in [-0.39, 0.29) is 0 Å². The topological polar surface area (TPSA) is 43.5 Å². The number of aromatic amines is 1. The molecule has 0 aliphatic carbocycles. The molecule has 7 heteroatoms. The Hall–Kier alpha value is -2.54. The van der Waals surface area contributed by atoms with Crippen molar-refractivity contribution in [3.05, 3.63) is 65.3 Å². The quantitative estimate of drug-likeness (QED) is 0.340. The molecule has 0 bridgehead atoms. The number of methoxy groups -OCH3 is 1. The molecule has 1 aliphatic rings. The SMILES string of the molecule is C=C(CNCCC(F)CN1CCN(c2cc(CC)cc(Cl)c2OC)CC1)c1cc2ccccc2[nH]1. The Bertz CT molecular complexity index is 1110. The summed E-state index contributed by atoms with van der Waals surface area (Å²) in [5, 5.41) is 5.16. The Morgan fingerprint density at radius 1 is 1.20 bits per heavy atom. The summed E-state index contributed by atoms with van der Waals surface area (Å²) in [4.78, 5) is 7.90. The van der Waals surface area contributed by atoms with E-state index in [2.05, 4.69) is 57.9 Å². The zero-order chi connectivity index (χ0) is 24.8. The van der Waals surface area contributed by atoms with Gasteiger partial charge < -0.3 is 19.9 Å². The van der Waals surface area contributed by atoms with Gasteiger partial charge in [-0.05, 0) is 60.2 Å². The van der Waals surface area contributed by atoms with Crippen molar-refractivity contribution in [2.75, 3.05) is 57.8 Å². The monoisotopic (exact) mass is 498 g/mol. The van der Waals surface area contributed by atoms with Crippen molar-refractivity contribution in [3.63, 3.8) is 0 Å². The number of hydrogen-bond acceptors (Lipinski definition) is 4. The van der Waals surface area contributed by atoms with Gasteiger partial charge in [-0.2, -0.15) is 0 Å². The summed E-state index contributed by atoms with van der Waals surface area (Å²) in [6.07, 6.45) is 0.550. The molecule has 0 spiro atoms. The fourth-order valence-electron chi connectivity index (χ4n) is 4.67. The third kappa shape index (κ3) is 6.37. The van der Waals surface area contributed by atoms with Crippen LogP contribution >= 0.6 is 11.6 Å². The Morgan fingerprint density at radius 2 is 1.97 bits per heavy atom. The van der Waals surface area contributed by atoms with Crippen LogP contribution in [-0.4, -0.2) is 69.0 Å². The Labute approximate surface area is 212 Å². The van der Waals surface area contributed by atoms with Crippen molar-refractivity contribution in [2.45, 2.75) is 25.9 Å². The maximum Gasteiger partial charge on any atom is 0.160 e. The standard InChI is InChI=1S/C28H36ClFN4O/c1-4-21-15-24(29)28(35-3)27(16-21)34-13-11-33(12-14-34)19-23(30)9-10-31-18-20(2)26-17-22-7-5-6-8-25(22)32-26/h5-8,15-17,23,31-32H,2,4,9-14,18-19H2,1,3H3. The predicted octanol–water partition coefficient (Wildman–Crippen LogP) is 5.55. The van der Waals surface area contributed by atoms with E-state index >= 15 is 0 Å². The molecule has 1 aromatic heterocycles. The van der Waals surface area contributed by atoms with Gasteiger partial charge in [-0.15, -0.1) is 0 Å². The lowest BCUT2D eigenvalue weighted by molar-refractivity contribution is 0.176. The van der Waals surface area contributed by atoms with Gasteiger partial charge in [-0.1, -0.05) is 43.3 Å². The van der Waals surface area contributed by atoms with Crippen LogP contribution in [0.2, 0.25) is 5.02 Å². The number of para-hydroxylation sites is 1. The van der Waals surface area contributed by atoms with Gasteiger partial charge in [-0.25, -0.2) is 4.39 Å². The van der Waals surface area contributed by atoms with Gasteiger partial charge >= 0.3 is 0 Å². The lowest BCUT2D eigenvalue weighted by Gasteiger charge is -2.37. The second-order valence-corrected chi connectivity index (χ2v) is 9.61. The minimum Gasteiger partial charge on any atom is -0.493 e. The first-order valence-electron chi connectivity index (χ1n) is 12.4. The molecule has 1 unspecified atom stereocenters. The third-order valence-electron chi connectivity index (χ3n) is 6.75. The number of rotatable bonds is 11. The number of fused-ring (bicyclic) bond motifs is 1. The molecule has 4 rings (SSSR count). The van der Waals surface area contributed by atoms with Crippen LogP contribution in [0.3, 0.4) is 0 Å². The molecule has 188 valence electrons. The number of ether oxygens (including phenoxy) is 1. The van der Waals surface area contributed by atoms with Crippen LogP contribution in [0.15, 0.2) is 49.0 Å². The average molecular weight is 499 g/mol. The number of hydrogen-bond donors (Lipinski definition) is 2. The zero-order valence-corrected chi connectivity index (χ0v) is 21.5. The molecular weight excluding hydrogens is 463 g/mol. The maximum absolute atomic E-state index is 14.7. The van der Waals surface area contributed by atoms with Gasteiger partial charge in [0.05, 0.1) is 17.8 Å². The average Bonchev–Trinajstić information content (AvgIpc) is 3.31. The molecule has 1 fully saturated rings. The molecule has 3 aromatic rings. The molecule has 35 heavy (non-hydrogen) atoms. The maximum atomic E-state index is 14.7. The minimum atomic E-state index is -0.859. The molecule has 2 heterocycles. The summed E-state index contributed by atoms with van der Waals surface area (Å²) < 4.78 is 20.3. The van der Waals surface area contributed by atoms with E-state index in [4.69, 9.17) is 16.3 Å². The van der Waals surface area contributed by atoms with Crippen molar-refractivity contribution in [3.8, 4) is 5.75 Å². The second-order valence-electron chi connectivity index (χ2n) is 9.21. The number of nitrogens with one attached hydrogen (secondary N) is 2. The lowest BCUT2D eigenvalue weighted by atomic mass is 10.1. The van der Waals surface area contributed by atoms with Gasteiger partial charge in [0, 0.05) is 50.5 Å². The Balaban J connectivity index is 1.19. The second kappa shape index (κ2) is 11.9. The van der Waals surface area contributed by atoms with E-state index in [0.717, 1.165) is 60.8 Å². The van der Waals surface area contributed by atoms with E-state index in [1.54, 1.807) is 7.11 Å². The highest BCUT2D eigenvalue weighted by atomic mass is 35.5. The molecule has 2 aromatic carbocycles. The number of aromatic nitrogens is 1. The van der Waals surface area contributed by atoms with Gasteiger partial charge in [0.1, 0.15) is 6.17 Å². The van der Waals surface area contributed by atoms with Crippen LogP contribution in [0.5, 0.6) is 5.75 Å². The number of benzene rings is 2. The van der Waals surface area contributed by atoms with Gasteiger partial charge in [0.25, 0.3) is 0 Å². The van der Waals surface area contributed by atoms with E-state index in [1.807, 2.05) is 18.2 Å². The first-order chi connectivity index (χ1) is 17.0. The van der Waals surface area contributed by atoms with Crippen molar-refractivity contribution in [1.82, 2.24) is 15.2 Å². The van der Waals surface area contributed by atoms with Crippen molar-refractivity contribution in [2.24, 2.45) is 0 Å². The Kier molecular flexibility index (Phi) is 8.71. The van der Waals surface area contributed by atoms with E-state index in [9.17, 15) is 4.39 Å². The molecule has 1 saturated heterocycles. The summed E-state index contributed by atoms with van der Waals surface area (Å²) >= 11 is 6.44. The predicted molar refractivity (Wildman–Crippen MR) is 146 cm³/mol. The molecular formula is C28H36ClFN4O. The molecule has 1 atom stereocenters. The van der Waals surface area contributed by atoms with Crippen molar-refractivity contribution >= 4 is 33.8 Å². The van der Waals surface area contributed by atoms with Crippen molar-refractivity contribution < 1.29 is 9.13 Å². The number of nitrogens with zero attached hydrogens (tertiary/aromatic N) is 2. The summed E-state index contributed by atoms with van der Waals surface area (Å²) in [5.41, 5.74) is 5.34. The first kappa shape index (κ1) is 25.5. The molecule has 2 N–H and O–H groups in total. The summed E-state index contributed by atoms with van der Waals surface area (Å²) in [7, 11) is 1.66. The number of alkyl halides is 1. The fourth-order valence-corrected chi connectivity index (χ4v) is 4.99. The number of anilines is 1. The molecule has 0 saturated carbocycles. The first-order valence-corrected chi connectivity index (χ1v) is 12.8. The van der Waals surface area contributed by atoms with E-state index in [1.165, 1.54) is 10.9 Å². The highest BCUT2D eigenvalue weighted by molar-refractivity contribution is 6.32. The number of aryl methyl sites for hydroxylation is 1. The third-order valence-corrected chi connectivity index (χ3v) is 7.03. The number of piperazine rings is 1. The largest absolute Gasteiger partial charge is 0.493 e. The van der Waals surface area contributed by atoms with Gasteiger partial charge in [-0.3, -0.25) is 4.90 Å². The van der Waals surface area contributed by atoms with Crippen LogP contribution in [0.4, 0.5) is 10.1 Å². The number of H-pyrrole nitrogens is 1. The highest BCUT2D eigenvalue weighted by Crippen LogP contribution is 2.37. The molecule has 0 amide bonds. The Morgan fingerprint density at radius 3 is 2.69 bits per heavy atom. The van der Waals surface area contributed by atoms with E-state index in [0.29, 0.717) is 31.1 Å². The molecule has 5 nitrogen and oxygen atoms in total. The van der Waals surface area contributed by atoms with Crippen LogP contribution in [0.25, 0.3) is 16.5 Å². The normalized spacial score (nSPS) is 15.5. The lowest BCUT2D eigenvalue weighted by Crippen LogP contribution is -2.48. The van der Waals surface area contributed by atoms with Crippen LogP contribution in [-0.2, 0) is 6.42 Å². The smallest absolute Gasteiger partial charge is 0.160 e. The molecule has 0 radical (unpaired) electrons. The van der Waals surface area contributed by atoms with Gasteiger partial charge in [0.2, 0.25) is 0 Å². The minimum absolute atomic E-state index is 0.464. The van der Waals surface area contributed by atoms with Crippen molar-refractivity contribution in [1.29, 1.82) is 0 Å². The van der Waals surface area contributed by atoms with Crippen LogP contribution < -0.4 is 15.0 Å². The summed E-state index contributed by atoms with van der Waals surface area (Å²) in [6.45, 7) is 11.3. The number of halogens is 2. The molecule has 1 aliphatic heterocycles. The van der Waals surface area contributed by atoms with Crippen LogP contribution in [0, 0.1) is 0 Å². The summed E-state index contributed by atoms with van der Waals surface area (Å²) in [6, 6.07) is 14.4. The highest BCUT2D eigenvalue weighted by Gasteiger charge is 2.23. The zero-order valence-electron chi connectivity index (χ0n) is 20.7. The fraction of sp³-hybridized carbons (Fsp3) is 0.429. The summed E-state index contributed by atoms with van der Waals surface area (Å²) in [5.74, 6) is 0.723. The van der Waals surface area contributed by atoms with E-state index < -0.39 is 6.17 Å².